The molecule has 5 heteroatoms. The number of nitrogen functional groups attached to an aromatic ring is 1. The number of nitrogens with two attached hydrogens (primary N) is 1. The van der Waals surface area contributed by atoms with Crippen molar-refractivity contribution in [1.29, 1.82) is 0 Å². The summed E-state index contributed by atoms with van der Waals surface area (Å²) in [6.45, 7) is 4.01. The summed E-state index contributed by atoms with van der Waals surface area (Å²) in [6.07, 6.45) is 1.82. The largest absolute Gasteiger partial charge is 0.462 e. The smallest absolute Gasteiger partial charge is 0.338 e. The molecule has 0 saturated heterocycles. The Morgan fingerprint density at radius 3 is 2.78 bits per heavy atom. The average Bonchev–Trinajstić information content (AvgIpc) is 2.76. The van der Waals surface area contributed by atoms with E-state index >= 15 is 0 Å². The number of aryl methyl sites for hydroxylation is 1. The highest BCUT2D eigenvalue weighted by Gasteiger charge is 2.10. The summed E-state index contributed by atoms with van der Waals surface area (Å²) in [5.41, 5.74) is 8.52. The van der Waals surface area contributed by atoms with Crippen molar-refractivity contribution in [3.63, 3.8) is 0 Å². The molecule has 0 atom stereocenters. The molecule has 0 amide bonds. The van der Waals surface area contributed by atoms with Crippen molar-refractivity contribution < 1.29 is 9.53 Å². The molecule has 0 saturated carbocycles. The van der Waals surface area contributed by atoms with Gasteiger partial charge in [0.1, 0.15) is 0 Å². The first-order chi connectivity index (χ1) is 8.61. The van der Waals surface area contributed by atoms with E-state index in [0.29, 0.717) is 17.9 Å². The van der Waals surface area contributed by atoms with Crippen LogP contribution in [-0.2, 0) is 4.74 Å². The Bertz CT molecular complexity index is 575. The van der Waals surface area contributed by atoms with E-state index in [9.17, 15) is 4.79 Å². The van der Waals surface area contributed by atoms with Crippen molar-refractivity contribution in [2.24, 2.45) is 0 Å². The Kier molecular flexibility index (Phi) is 3.32. The Labute approximate surface area is 105 Å². The number of aromatic nitrogens is 2. The number of rotatable bonds is 3. The van der Waals surface area contributed by atoms with Gasteiger partial charge in [-0.2, -0.15) is 5.10 Å². The van der Waals surface area contributed by atoms with Crippen molar-refractivity contribution >= 4 is 11.7 Å². The predicted molar refractivity (Wildman–Crippen MR) is 68.7 cm³/mol. The fourth-order valence-electron chi connectivity index (χ4n) is 1.65. The Hall–Kier alpha value is -2.30. The number of benzene rings is 1. The number of nitrogens with zero attached hydrogens (tertiary/aromatic N) is 2. The topological polar surface area (TPSA) is 70.1 Å². The van der Waals surface area contributed by atoms with E-state index in [4.69, 9.17) is 10.5 Å². The first kappa shape index (κ1) is 12.2. The van der Waals surface area contributed by atoms with E-state index < -0.39 is 0 Å². The van der Waals surface area contributed by atoms with E-state index in [2.05, 4.69) is 5.10 Å². The van der Waals surface area contributed by atoms with Gasteiger partial charge in [-0.3, -0.25) is 0 Å². The fraction of sp³-hybridized carbons (Fsp3) is 0.231. The third kappa shape index (κ3) is 2.34. The van der Waals surface area contributed by atoms with Crippen molar-refractivity contribution in [2.45, 2.75) is 13.8 Å². The number of anilines is 1. The zero-order valence-electron chi connectivity index (χ0n) is 10.4. The van der Waals surface area contributed by atoms with Crippen molar-refractivity contribution in [2.75, 3.05) is 12.3 Å². The van der Waals surface area contributed by atoms with Gasteiger partial charge in [0.25, 0.3) is 0 Å². The van der Waals surface area contributed by atoms with E-state index in [-0.39, 0.29) is 5.97 Å². The van der Waals surface area contributed by atoms with Crippen LogP contribution in [0, 0.1) is 6.92 Å². The Morgan fingerprint density at radius 1 is 1.44 bits per heavy atom. The summed E-state index contributed by atoms with van der Waals surface area (Å²) in [5, 5.41) is 4.27. The minimum Gasteiger partial charge on any atom is -0.462 e. The fourth-order valence-corrected chi connectivity index (χ4v) is 1.65. The average molecular weight is 245 g/mol. The quantitative estimate of drug-likeness (QED) is 0.662. The maximum absolute atomic E-state index is 11.5. The number of hydrogen-bond donors (Lipinski definition) is 1. The standard InChI is InChI=1S/C13H15N3O2/c1-3-18-13(17)10-4-5-12(11(14)8-10)16-7-6-9(2)15-16/h4-8H,3,14H2,1-2H3. The van der Waals surface area contributed by atoms with Crippen molar-refractivity contribution in [3.8, 4) is 5.69 Å². The summed E-state index contributed by atoms with van der Waals surface area (Å²) in [6, 6.07) is 6.93. The third-order valence-electron chi connectivity index (χ3n) is 2.51. The minimum absolute atomic E-state index is 0.346. The monoisotopic (exact) mass is 245 g/mol. The molecular weight excluding hydrogens is 230 g/mol. The van der Waals surface area contributed by atoms with Gasteiger partial charge >= 0.3 is 5.97 Å². The third-order valence-corrected chi connectivity index (χ3v) is 2.51. The highest BCUT2D eigenvalue weighted by atomic mass is 16.5. The van der Waals surface area contributed by atoms with E-state index in [0.717, 1.165) is 11.4 Å². The van der Waals surface area contributed by atoms with Crippen LogP contribution in [0.1, 0.15) is 23.0 Å². The molecule has 0 radical (unpaired) electrons. The number of ether oxygens (including phenoxy) is 1. The lowest BCUT2D eigenvalue weighted by Crippen LogP contribution is -2.07. The van der Waals surface area contributed by atoms with E-state index in [1.54, 1.807) is 29.8 Å². The maximum Gasteiger partial charge on any atom is 0.338 e. The van der Waals surface area contributed by atoms with Crippen LogP contribution in [0.4, 0.5) is 5.69 Å². The molecule has 0 bridgehead atoms. The molecule has 2 aromatic rings. The molecule has 0 aliphatic carbocycles. The SMILES string of the molecule is CCOC(=O)c1ccc(-n2ccc(C)n2)c(N)c1. The molecule has 2 rings (SSSR count). The lowest BCUT2D eigenvalue weighted by atomic mass is 10.2. The van der Waals surface area contributed by atoms with Gasteiger partial charge in [0.15, 0.2) is 0 Å². The lowest BCUT2D eigenvalue weighted by Gasteiger charge is -2.08. The first-order valence-corrected chi connectivity index (χ1v) is 5.71. The molecule has 0 fully saturated rings. The van der Waals surface area contributed by atoms with Gasteiger partial charge in [-0.1, -0.05) is 0 Å². The van der Waals surface area contributed by atoms with Crippen LogP contribution in [-0.4, -0.2) is 22.4 Å². The van der Waals surface area contributed by atoms with Gasteiger partial charge in [-0.05, 0) is 38.1 Å². The maximum atomic E-state index is 11.5. The van der Waals surface area contributed by atoms with E-state index in [1.807, 2.05) is 19.2 Å². The van der Waals surface area contributed by atoms with E-state index in [1.165, 1.54) is 0 Å². The van der Waals surface area contributed by atoms with Gasteiger partial charge in [-0.15, -0.1) is 0 Å². The number of esters is 1. The molecule has 2 N–H and O–H groups in total. The zero-order chi connectivity index (χ0) is 13.1. The molecule has 1 heterocycles. The van der Waals surface area contributed by atoms with Crippen molar-refractivity contribution in [3.05, 3.63) is 41.7 Å². The van der Waals surface area contributed by atoms with Crippen LogP contribution < -0.4 is 5.73 Å². The molecule has 94 valence electrons. The first-order valence-electron chi connectivity index (χ1n) is 5.71. The second-order valence-corrected chi connectivity index (χ2v) is 3.90. The summed E-state index contributed by atoms with van der Waals surface area (Å²) in [4.78, 5) is 11.5. The summed E-state index contributed by atoms with van der Waals surface area (Å²) in [7, 11) is 0. The molecule has 0 aliphatic rings. The zero-order valence-corrected chi connectivity index (χ0v) is 10.4. The van der Waals surface area contributed by atoms with Crippen LogP contribution in [0.3, 0.4) is 0 Å². The molecule has 1 aromatic heterocycles. The second kappa shape index (κ2) is 4.91. The molecule has 1 aromatic carbocycles. The summed E-state index contributed by atoms with van der Waals surface area (Å²) in [5.74, 6) is -0.368. The van der Waals surface area contributed by atoms with Crippen LogP contribution in [0.15, 0.2) is 30.5 Å². The second-order valence-electron chi connectivity index (χ2n) is 3.90. The molecule has 0 aliphatic heterocycles. The highest BCUT2D eigenvalue weighted by molar-refractivity contribution is 5.91. The minimum atomic E-state index is -0.368. The number of carbonyl (C=O) groups is 1. The molecule has 18 heavy (non-hydrogen) atoms. The Morgan fingerprint density at radius 2 is 2.22 bits per heavy atom. The van der Waals surface area contributed by atoms with Crippen LogP contribution >= 0.6 is 0 Å². The summed E-state index contributed by atoms with van der Waals surface area (Å²) >= 11 is 0. The van der Waals surface area contributed by atoms with Crippen molar-refractivity contribution in [1.82, 2.24) is 9.78 Å². The van der Waals surface area contributed by atoms with Crippen LogP contribution in [0.25, 0.3) is 5.69 Å². The lowest BCUT2D eigenvalue weighted by molar-refractivity contribution is 0.0526. The van der Waals surface area contributed by atoms with Gasteiger partial charge in [-0.25, -0.2) is 9.48 Å². The number of hydrogen-bond acceptors (Lipinski definition) is 4. The number of carbonyl (C=O) groups excluding carboxylic acids is 1. The molecule has 5 nitrogen and oxygen atoms in total. The van der Waals surface area contributed by atoms with Crippen LogP contribution in [0.5, 0.6) is 0 Å². The summed E-state index contributed by atoms with van der Waals surface area (Å²) < 4.78 is 6.60. The molecular formula is C13H15N3O2. The predicted octanol–water partition coefficient (Wildman–Crippen LogP) is 1.94. The molecule has 0 spiro atoms. The van der Waals surface area contributed by atoms with Crippen LogP contribution in [0.2, 0.25) is 0 Å². The molecule has 0 unspecified atom stereocenters. The highest BCUT2D eigenvalue weighted by Crippen LogP contribution is 2.19. The van der Waals surface area contributed by atoms with Gasteiger partial charge in [0, 0.05) is 6.20 Å². The van der Waals surface area contributed by atoms with Gasteiger partial charge < -0.3 is 10.5 Å². The van der Waals surface area contributed by atoms with Gasteiger partial charge in [0.05, 0.1) is 29.2 Å². The Balaban J connectivity index is 2.33. The van der Waals surface area contributed by atoms with Gasteiger partial charge in [0.2, 0.25) is 0 Å². The normalized spacial score (nSPS) is 10.3.